The number of para-hydroxylation sites is 1. The van der Waals surface area contributed by atoms with E-state index < -0.39 is 0 Å². The van der Waals surface area contributed by atoms with Gasteiger partial charge >= 0.3 is 0 Å². The number of hydrogen-bond donors (Lipinski definition) is 0. The Morgan fingerprint density at radius 3 is 2.67 bits per heavy atom. The summed E-state index contributed by atoms with van der Waals surface area (Å²) in [6, 6.07) is 14.7. The average molecular weight is 322 g/mol. The minimum Gasteiger partial charge on any atom is -0.339 e. The maximum Gasteiger partial charge on any atom is 0.223 e. The Morgan fingerprint density at radius 2 is 1.88 bits per heavy atom. The number of benzene rings is 2. The van der Waals surface area contributed by atoms with Crippen molar-refractivity contribution < 1.29 is 8.91 Å². The molecule has 0 radical (unpaired) electrons. The molecule has 0 fully saturated rings. The highest BCUT2D eigenvalue weighted by atomic mass is 19.1. The number of halogens is 1. The predicted octanol–water partition coefficient (Wildman–Crippen LogP) is 3.78. The van der Waals surface area contributed by atoms with Crippen LogP contribution in [0.3, 0.4) is 0 Å². The first-order valence-electron chi connectivity index (χ1n) is 7.72. The predicted molar refractivity (Wildman–Crippen MR) is 87.9 cm³/mol. The van der Waals surface area contributed by atoms with Crippen LogP contribution in [0.4, 0.5) is 4.39 Å². The van der Waals surface area contributed by atoms with Crippen LogP contribution in [0.5, 0.6) is 0 Å². The molecule has 4 aromatic rings. The normalized spacial score (nSPS) is 11.2. The second-order valence-corrected chi connectivity index (χ2v) is 5.57. The second kappa shape index (κ2) is 5.88. The van der Waals surface area contributed by atoms with Gasteiger partial charge in [-0.2, -0.15) is 10.1 Å². The van der Waals surface area contributed by atoms with Gasteiger partial charge in [-0.25, -0.2) is 4.39 Å². The first kappa shape index (κ1) is 14.6. The molecule has 0 saturated heterocycles. The summed E-state index contributed by atoms with van der Waals surface area (Å²) in [5.74, 6) is 0.770. The molecule has 0 spiro atoms. The molecule has 5 nitrogen and oxygen atoms in total. The molecule has 2 aromatic carbocycles. The lowest BCUT2D eigenvalue weighted by Crippen LogP contribution is -2.04. The van der Waals surface area contributed by atoms with Gasteiger partial charge in [0.1, 0.15) is 11.5 Å². The van der Waals surface area contributed by atoms with E-state index in [9.17, 15) is 4.39 Å². The summed E-state index contributed by atoms with van der Waals surface area (Å²) in [5, 5.41) is 9.54. The summed E-state index contributed by atoms with van der Waals surface area (Å²) >= 11 is 0. The van der Waals surface area contributed by atoms with Crippen LogP contribution in [0.2, 0.25) is 0 Å². The van der Waals surface area contributed by atoms with Gasteiger partial charge in [0, 0.05) is 18.9 Å². The number of aryl methyl sites for hydroxylation is 3. The number of aromatic nitrogens is 4. The standard InChI is InChI=1S/C18H15FN4O/c1-12-20-18(22-24-12)17-14-7-3-5-9-16(14)23(21-17)11-10-13-6-2-4-8-15(13)19/h2-9H,10-11H2,1H3. The van der Waals surface area contributed by atoms with Crippen molar-refractivity contribution in [2.24, 2.45) is 0 Å². The van der Waals surface area contributed by atoms with Crippen molar-refractivity contribution in [1.82, 2.24) is 19.9 Å². The van der Waals surface area contributed by atoms with Gasteiger partial charge in [0.2, 0.25) is 11.7 Å². The third-order valence-corrected chi connectivity index (χ3v) is 3.95. The molecule has 2 heterocycles. The van der Waals surface area contributed by atoms with Crippen molar-refractivity contribution in [3.63, 3.8) is 0 Å². The Morgan fingerprint density at radius 1 is 1.08 bits per heavy atom. The minimum atomic E-state index is -0.192. The summed E-state index contributed by atoms with van der Waals surface area (Å²) in [6.45, 7) is 2.31. The van der Waals surface area contributed by atoms with E-state index in [1.165, 1.54) is 6.07 Å². The third kappa shape index (κ3) is 2.56. The topological polar surface area (TPSA) is 56.7 Å². The molecule has 0 bridgehead atoms. The van der Waals surface area contributed by atoms with E-state index in [1.807, 2.05) is 35.0 Å². The Bertz CT molecular complexity index is 1010. The zero-order valence-electron chi connectivity index (χ0n) is 13.1. The molecule has 6 heteroatoms. The fraction of sp³-hybridized carbons (Fsp3) is 0.167. The molecule has 0 amide bonds. The van der Waals surface area contributed by atoms with E-state index in [1.54, 1.807) is 19.1 Å². The molecule has 0 aliphatic heterocycles. The van der Waals surface area contributed by atoms with Gasteiger partial charge < -0.3 is 4.52 Å². The van der Waals surface area contributed by atoms with Crippen molar-refractivity contribution in [2.75, 3.05) is 0 Å². The summed E-state index contributed by atoms with van der Waals surface area (Å²) in [7, 11) is 0. The Balaban J connectivity index is 1.72. The number of nitrogens with zero attached hydrogens (tertiary/aromatic N) is 4. The average Bonchev–Trinajstić information content (AvgIpc) is 3.18. The zero-order chi connectivity index (χ0) is 16.5. The van der Waals surface area contributed by atoms with Gasteiger partial charge in [-0.3, -0.25) is 4.68 Å². The highest BCUT2D eigenvalue weighted by Gasteiger charge is 2.16. The lowest BCUT2D eigenvalue weighted by molar-refractivity contribution is 0.394. The van der Waals surface area contributed by atoms with Crippen LogP contribution in [0.1, 0.15) is 11.5 Å². The van der Waals surface area contributed by atoms with Crippen molar-refractivity contribution in [3.8, 4) is 11.5 Å². The first-order chi connectivity index (χ1) is 11.7. The van der Waals surface area contributed by atoms with E-state index in [0.29, 0.717) is 35.9 Å². The Labute approximate surface area is 137 Å². The maximum absolute atomic E-state index is 13.8. The van der Waals surface area contributed by atoms with Gasteiger partial charge in [-0.15, -0.1) is 0 Å². The molecule has 0 atom stereocenters. The van der Waals surface area contributed by atoms with Gasteiger partial charge in [0.05, 0.1) is 5.52 Å². The molecule has 0 N–H and O–H groups in total. The van der Waals surface area contributed by atoms with Crippen molar-refractivity contribution in [2.45, 2.75) is 19.9 Å². The van der Waals surface area contributed by atoms with Crippen molar-refractivity contribution >= 4 is 10.9 Å². The summed E-state index contributed by atoms with van der Waals surface area (Å²) in [6.07, 6.45) is 0.559. The van der Waals surface area contributed by atoms with Gasteiger partial charge in [-0.1, -0.05) is 41.6 Å². The number of fused-ring (bicyclic) bond motifs is 1. The van der Waals surface area contributed by atoms with Crippen LogP contribution in [-0.2, 0) is 13.0 Å². The Kier molecular flexibility index (Phi) is 3.57. The minimum absolute atomic E-state index is 0.192. The molecule has 24 heavy (non-hydrogen) atoms. The molecule has 0 unspecified atom stereocenters. The van der Waals surface area contributed by atoms with Crippen LogP contribution < -0.4 is 0 Å². The highest BCUT2D eigenvalue weighted by molar-refractivity contribution is 5.91. The monoisotopic (exact) mass is 322 g/mol. The number of hydrogen-bond acceptors (Lipinski definition) is 4. The Hall–Kier alpha value is -3.02. The molecular formula is C18H15FN4O. The van der Waals surface area contributed by atoms with E-state index >= 15 is 0 Å². The lowest BCUT2D eigenvalue weighted by Gasteiger charge is -2.05. The van der Waals surface area contributed by atoms with Gasteiger partial charge in [0.15, 0.2) is 0 Å². The van der Waals surface area contributed by atoms with Gasteiger partial charge in [-0.05, 0) is 24.1 Å². The summed E-state index contributed by atoms with van der Waals surface area (Å²) in [4.78, 5) is 4.26. The first-order valence-corrected chi connectivity index (χ1v) is 7.72. The molecule has 2 aromatic heterocycles. The molecule has 0 aliphatic carbocycles. The quantitative estimate of drug-likeness (QED) is 0.574. The molecule has 4 rings (SSSR count). The maximum atomic E-state index is 13.8. The van der Waals surface area contributed by atoms with E-state index in [-0.39, 0.29) is 5.82 Å². The lowest BCUT2D eigenvalue weighted by atomic mass is 10.1. The molecular weight excluding hydrogens is 307 g/mol. The molecule has 0 aliphatic rings. The zero-order valence-corrected chi connectivity index (χ0v) is 13.1. The fourth-order valence-corrected chi connectivity index (χ4v) is 2.79. The second-order valence-electron chi connectivity index (χ2n) is 5.57. The van der Waals surface area contributed by atoms with Crippen LogP contribution >= 0.6 is 0 Å². The molecule has 0 saturated carbocycles. The molecule has 120 valence electrons. The van der Waals surface area contributed by atoms with Crippen molar-refractivity contribution in [1.29, 1.82) is 0 Å². The number of rotatable bonds is 4. The largest absolute Gasteiger partial charge is 0.339 e. The highest BCUT2D eigenvalue weighted by Crippen LogP contribution is 2.26. The SMILES string of the molecule is Cc1nc(-c2nn(CCc3ccccc3F)c3ccccc23)no1. The van der Waals surface area contributed by atoms with E-state index in [0.717, 1.165) is 10.9 Å². The fourth-order valence-electron chi connectivity index (χ4n) is 2.79. The summed E-state index contributed by atoms with van der Waals surface area (Å²) < 4.78 is 20.7. The van der Waals surface area contributed by atoms with E-state index in [2.05, 4.69) is 15.2 Å². The summed E-state index contributed by atoms with van der Waals surface area (Å²) in [5.41, 5.74) is 2.32. The van der Waals surface area contributed by atoms with Gasteiger partial charge in [0.25, 0.3) is 0 Å². The van der Waals surface area contributed by atoms with Crippen LogP contribution in [0.15, 0.2) is 53.1 Å². The smallest absolute Gasteiger partial charge is 0.223 e. The van der Waals surface area contributed by atoms with Crippen LogP contribution in [0, 0.1) is 12.7 Å². The van der Waals surface area contributed by atoms with E-state index in [4.69, 9.17) is 4.52 Å². The van der Waals surface area contributed by atoms with Crippen LogP contribution in [0.25, 0.3) is 22.4 Å². The van der Waals surface area contributed by atoms with Crippen LogP contribution in [-0.4, -0.2) is 19.9 Å². The van der Waals surface area contributed by atoms with Crippen molar-refractivity contribution in [3.05, 3.63) is 65.8 Å². The third-order valence-electron chi connectivity index (χ3n) is 3.95.